The highest BCUT2D eigenvalue weighted by molar-refractivity contribution is 5.86. The minimum Gasteiger partial charge on any atom is -0.480 e. The maximum absolute atomic E-state index is 13.1. The second-order valence-electron chi connectivity index (χ2n) is 7.42. The molecule has 0 aromatic carbocycles. The highest BCUT2D eigenvalue weighted by Gasteiger charge is 2.50. The van der Waals surface area contributed by atoms with Crippen molar-refractivity contribution in [2.24, 2.45) is 17.8 Å². The van der Waals surface area contributed by atoms with E-state index in [1.165, 1.54) is 0 Å². The van der Waals surface area contributed by atoms with Crippen molar-refractivity contribution in [3.8, 4) is 0 Å². The SMILES string of the molecule is CC(C)C1OCCC1C(=O)N1C(C(=O)O)CC2CCCCC21. The molecule has 5 unspecified atom stereocenters. The molecule has 124 valence electrons. The van der Waals surface area contributed by atoms with Gasteiger partial charge in [-0.25, -0.2) is 4.79 Å². The average Bonchev–Trinajstić information content (AvgIpc) is 3.11. The first-order valence-electron chi connectivity index (χ1n) is 8.67. The zero-order valence-corrected chi connectivity index (χ0v) is 13.5. The molecule has 5 heteroatoms. The van der Waals surface area contributed by atoms with Crippen LogP contribution in [0, 0.1) is 17.8 Å². The Hall–Kier alpha value is -1.10. The molecular formula is C17H27NO4. The molecule has 1 N–H and O–H groups in total. The molecule has 1 saturated carbocycles. The van der Waals surface area contributed by atoms with Crippen LogP contribution in [-0.4, -0.2) is 46.7 Å². The van der Waals surface area contributed by atoms with E-state index in [4.69, 9.17) is 4.74 Å². The summed E-state index contributed by atoms with van der Waals surface area (Å²) < 4.78 is 5.74. The highest BCUT2D eigenvalue weighted by Crippen LogP contribution is 2.42. The molecule has 5 atom stereocenters. The van der Waals surface area contributed by atoms with E-state index < -0.39 is 12.0 Å². The highest BCUT2D eigenvalue weighted by atomic mass is 16.5. The van der Waals surface area contributed by atoms with E-state index in [2.05, 4.69) is 13.8 Å². The average molecular weight is 309 g/mol. The molecule has 2 aliphatic heterocycles. The van der Waals surface area contributed by atoms with Crippen LogP contribution in [-0.2, 0) is 14.3 Å². The molecule has 3 aliphatic rings. The standard InChI is InChI=1S/C17H27NO4/c1-10(2)15-12(7-8-22-15)16(19)18-13-6-4-3-5-11(13)9-14(18)17(20)21/h10-15H,3-9H2,1-2H3,(H,20,21). The molecular weight excluding hydrogens is 282 g/mol. The maximum atomic E-state index is 13.1. The van der Waals surface area contributed by atoms with Gasteiger partial charge in [-0.15, -0.1) is 0 Å². The molecule has 1 aliphatic carbocycles. The largest absolute Gasteiger partial charge is 0.480 e. The predicted octanol–water partition coefficient (Wildman–Crippen LogP) is 2.29. The normalized spacial score (nSPS) is 38.3. The van der Waals surface area contributed by atoms with Crippen LogP contribution >= 0.6 is 0 Å². The van der Waals surface area contributed by atoms with Crippen LogP contribution in [0.25, 0.3) is 0 Å². The van der Waals surface area contributed by atoms with E-state index in [9.17, 15) is 14.7 Å². The van der Waals surface area contributed by atoms with Gasteiger partial charge in [-0.2, -0.15) is 0 Å². The van der Waals surface area contributed by atoms with Crippen molar-refractivity contribution in [1.29, 1.82) is 0 Å². The van der Waals surface area contributed by atoms with Crippen molar-refractivity contribution in [3.05, 3.63) is 0 Å². The lowest BCUT2D eigenvalue weighted by molar-refractivity contribution is -0.153. The number of hydrogen-bond donors (Lipinski definition) is 1. The zero-order valence-electron chi connectivity index (χ0n) is 13.5. The van der Waals surface area contributed by atoms with Crippen LogP contribution in [0.15, 0.2) is 0 Å². The van der Waals surface area contributed by atoms with Gasteiger partial charge in [0, 0.05) is 12.6 Å². The van der Waals surface area contributed by atoms with Crippen LogP contribution in [0.4, 0.5) is 0 Å². The number of rotatable bonds is 3. The van der Waals surface area contributed by atoms with Gasteiger partial charge in [0.15, 0.2) is 0 Å². The van der Waals surface area contributed by atoms with E-state index in [1.807, 2.05) is 0 Å². The van der Waals surface area contributed by atoms with Crippen LogP contribution < -0.4 is 0 Å². The summed E-state index contributed by atoms with van der Waals surface area (Å²) in [6.45, 7) is 4.75. The summed E-state index contributed by atoms with van der Waals surface area (Å²) in [4.78, 5) is 26.5. The Morgan fingerprint density at radius 2 is 1.91 bits per heavy atom. The third-order valence-corrected chi connectivity index (χ3v) is 5.74. The quantitative estimate of drug-likeness (QED) is 0.868. The fourth-order valence-corrected chi connectivity index (χ4v) is 4.72. The van der Waals surface area contributed by atoms with Crippen molar-refractivity contribution in [3.63, 3.8) is 0 Å². The maximum Gasteiger partial charge on any atom is 0.326 e. The van der Waals surface area contributed by atoms with Crippen molar-refractivity contribution in [2.75, 3.05) is 6.61 Å². The van der Waals surface area contributed by atoms with Gasteiger partial charge in [0.05, 0.1) is 12.0 Å². The molecule has 0 radical (unpaired) electrons. The number of likely N-dealkylation sites (tertiary alicyclic amines) is 1. The smallest absolute Gasteiger partial charge is 0.326 e. The molecule has 3 rings (SSSR count). The second kappa shape index (κ2) is 6.19. The van der Waals surface area contributed by atoms with Gasteiger partial charge in [-0.05, 0) is 37.5 Å². The molecule has 0 bridgehead atoms. The van der Waals surface area contributed by atoms with E-state index >= 15 is 0 Å². The minimum absolute atomic E-state index is 0.0259. The number of hydrogen-bond acceptors (Lipinski definition) is 3. The molecule has 0 spiro atoms. The lowest BCUT2D eigenvalue weighted by Crippen LogP contribution is -2.50. The van der Waals surface area contributed by atoms with Gasteiger partial charge in [0.25, 0.3) is 0 Å². The van der Waals surface area contributed by atoms with Crippen molar-refractivity contribution in [2.45, 2.75) is 70.6 Å². The Labute approximate surface area is 132 Å². The Morgan fingerprint density at radius 1 is 1.18 bits per heavy atom. The number of ether oxygens (including phenoxy) is 1. The number of amides is 1. The minimum atomic E-state index is -0.845. The summed E-state index contributed by atoms with van der Waals surface area (Å²) in [6, 6.07) is -0.496. The van der Waals surface area contributed by atoms with Crippen molar-refractivity contribution >= 4 is 11.9 Å². The zero-order chi connectivity index (χ0) is 15.9. The van der Waals surface area contributed by atoms with E-state index in [-0.39, 0.29) is 29.9 Å². The van der Waals surface area contributed by atoms with Gasteiger partial charge in [0.2, 0.25) is 5.91 Å². The number of carboxylic acids is 1. The number of fused-ring (bicyclic) bond motifs is 1. The summed E-state index contributed by atoms with van der Waals surface area (Å²) in [5.74, 6) is -0.327. The van der Waals surface area contributed by atoms with Crippen LogP contribution in [0.5, 0.6) is 0 Å². The van der Waals surface area contributed by atoms with Crippen LogP contribution in [0.2, 0.25) is 0 Å². The molecule has 2 saturated heterocycles. The summed E-state index contributed by atoms with van der Waals surface area (Å²) in [5, 5.41) is 9.57. The molecule has 0 aromatic heterocycles. The third kappa shape index (κ3) is 2.64. The first kappa shape index (κ1) is 15.8. The van der Waals surface area contributed by atoms with Crippen LogP contribution in [0.1, 0.15) is 52.4 Å². The summed E-state index contributed by atoms with van der Waals surface area (Å²) in [5.41, 5.74) is 0. The van der Waals surface area contributed by atoms with Gasteiger partial charge >= 0.3 is 5.97 Å². The Bertz CT molecular complexity index is 450. The second-order valence-corrected chi connectivity index (χ2v) is 7.42. The monoisotopic (exact) mass is 309 g/mol. The first-order chi connectivity index (χ1) is 10.5. The number of nitrogens with zero attached hydrogens (tertiary/aromatic N) is 1. The molecule has 22 heavy (non-hydrogen) atoms. The molecule has 1 amide bonds. The number of carboxylic acid groups (broad SMARTS) is 1. The van der Waals surface area contributed by atoms with Gasteiger partial charge < -0.3 is 14.7 Å². The lowest BCUT2D eigenvalue weighted by Gasteiger charge is -2.35. The summed E-state index contributed by atoms with van der Waals surface area (Å²) in [7, 11) is 0. The van der Waals surface area contributed by atoms with Gasteiger partial charge in [0.1, 0.15) is 6.04 Å². The fraction of sp³-hybridized carbons (Fsp3) is 0.882. The van der Waals surface area contributed by atoms with E-state index in [1.54, 1.807) is 4.90 Å². The first-order valence-corrected chi connectivity index (χ1v) is 8.67. The molecule has 0 aromatic rings. The van der Waals surface area contributed by atoms with Crippen molar-refractivity contribution in [1.82, 2.24) is 4.90 Å². The molecule has 2 heterocycles. The van der Waals surface area contributed by atoms with E-state index in [0.717, 1.165) is 32.1 Å². The van der Waals surface area contributed by atoms with Gasteiger partial charge in [-0.3, -0.25) is 4.79 Å². The topological polar surface area (TPSA) is 66.8 Å². The predicted molar refractivity (Wildman–Crippen MR) is 81.3 cm³/mol. The number of carbonyl (C=O) groups is 2. The lowest BCUT2D eigenvalue weighted by atomic mass is 9.84. The third-order valence-electron chi connectivity index (χ3n) is 5.74. The fourth-order valence-electron chi connectivity index (χ4n) is 4.72. The van der Waals surface area contributed by atoms with Crippen LogP contribution in [0.3, 0.4) is 0 Å². The summed E-state index contributed by atoms with van der Waals surface area (Å²) in [6.07, 6.45) is 5.58. The van der Waals surface area contributed by atoms with E-state index in [0.29, 0.717) is 18.9 Å². The number of aliphatic carboxylic acids is 1. The Balaban J connectivity index is 1.83. The Morgan fingerprint density at radius 3 is 2.59 bits per heavy atom. The number of carbonyl (C=O) groups excluding carboxylic acids is 1. The Kier molecular flexibility index (Phi) is 4.44. The van der Waals surface area contributed by atoms with Gasteiger partial charge in [-0.1, -0.05) is 26.7 Å². The summed E-state index contributed by atoms with van der Waals surface area (Å²) >= 11 is 0. The molecule has 3 fully saturated rings. The van der Waals surface area contributed by atoms with Crippen molar-refractivity contribution < 1.29 is 19.4 Å². The molecule has 5 nitrogen and oxygen atoms in total.